The molecule has 4 rings (SSSR count). The molecule has 1 heterocycles. The number of amides is 1. The third-order valence-corrected chi connectivity index (χ3v) is 6.14. The number of benzene rings is 3. The summed E-state index contributed by atoms with van der Waals surface area (Å²) in [4.78, 5) is 26.2. The highest BCUT2D eigenvalue weighted by Crippen LogP contribution is 2.38. The number of hydrogen-bond donors (Lipinski definition) is 1. The van der Waals surface area contributed by atoms with Crippen molar-refractivity contribution in [1.82, 2.24) is 4.90 Å². The van der Waals surface area contributed by atoms with Gasteiger partial charge in [-0.3, -0.25) is 9.59 Å². The van der Waals surface area contributed by atoms with Crippen LogP contribution in [0, 0.1) is 0 Å². The third kappa shape index (κ3) is 5.34. The minimum Gasteiger partial charge on any atom is -0.496 e. The molecule has 0 bridgehead atoms. The summed E-state index contributed by atoms with van der Waals surface area (Å²) < 4.78 is 11.6. The van der Waals surface area contributed by atoms with Crippen molar-refractivity contribution in [3.8, 4) is 11.5 Å². The van der Waals surface area contributed by atoms with Crippen molar-refractivity contribution in [2.45, 2.75) is 31.9 Å². The van der Waals surface area contributed by atoms with Crippen molar-refractivity contribution in [3.63, 3.8) is 0 Å². The Labute approximate surface area is 203 Å². The standard InChI is InChI=1S/C27H26ClNO5/c1-27(14-18-7-10-22(28)11-8-18)15-21-13-19(9-12-24(21)34-27)26(32)29(17-25(30)31)16-20-5-3-4-6-23(20)33-2/h3-13H,14-17H2,1-2H3,(H,30,31)/t27-/m0/s1. The van der Waals surface area contributed by atoms with Crippen LogP contribution in [0.5, 0.6) is 11.5 Å². The summed E-state index contributed by atoms with van der Waals surface area (Å²) >= 11 is 6.00. The van der Waals surface area contributed by atoms with Crippen LogP contribution in [0.4, 0.5) is 0 Å². The summed E-state index contributed by atoms with van der Waals surface area (Å²) in [5.74, 6) is -0.0979. The average molecular weight is 480 g/mol. The van der Waals surface area contributed by atoms with Gasteiger partial charge in [0.25, 0.3) is 5.91 Å². The normalized spacial score (nSPS) is 16.4. The van der Waals surface area contributed by atoms with Gasteiger partial charge in [-0.2, -0.15) is 0 Å². The van der Waals surface area contributed by atoms with Gasteiger partial charge in [-0.25, -0.2) is 0 Å². The first-order valence-corrected chi connectivity index (χ1v) is 11.3. The van der Waals surface area contributed by atoms with Crippen LogP contribution in [0.3, 0.4) is 0 Å². The third-order valence-electron chi connectivity index (χ3n) is 5.89. The van der Waals surface area contributed by atoms with Crippen molar-refractivity contribution in [2.24, 2.45) is 0 Å². The van der Waals surface area contributed by atoms with E-state index in [0.717, 1.165) is 22.4 Å². The number of aliphatic carboxylic acids is 1. The number of halogens is 1. The van der Waals surface area contributed by atoms with Crippen molar-refractivity contribution in [3.05, 3.63) is 94.0 Å². The largest absolute Gasteiger partial charge is 0.496 e. The summed E-state index contributed by atoms with van der Waals surface area (Å²) in [6.07, 6.45) is 1.33. The molecule has 1 atom stereocenters. The fourth-order valence-corrected chi connectivity index (χ4v) is 4.50. The molecule has 1 N–H and O–H groups in total. The second-order valence-corrected chi connectivity index (χ2v) is 9.16. The Morgan fingerprint density at radius 1 is 1.12 bits per heavy atom. The number of fused-ring (bicyclic) bond motifs is 1. The molecule has 34 heavy (non-hydrogen) atoms. The lowest BCUT2D eigenvalue weighted by Gasteiger charge is -2.24. The number of methoxy groups -OCH3 is 1. The smallest absolute Gasteiger partial charge is 0.323 e. The molecule has 0 aliphatic carbocycles. The van der Waals surface area contributed by atoms with Gasteiger partial charge in [0.1, 0.15) is 23.6 Å². The Kier molecular flexibility index (Phi) is 6.80. The van der Waals surface area contributed by atoms with Gasteiger partial charge in [-0.05, 0) is 54.4 Å². The highest BCUT2D eigenvalue weighted by Gasteiger charge is 2.35. The van der Waals surface area contributed by atoms with E-state index in [1.807, 2.05) is 55.5 Å². The van der Waals surface area contributed by atoms with E-state index in [0.29, 0.717) is 29.2 Å². The predicted molar refractivity (Wildman–Crippen MR) is 130 cm³/mol. The van der Waals surface area contributed by atoms with Crippen LogP contribution in [0.1, 0.15) is 34.0 Å². The maximum atomic E-state index is 13.3. The second-order valence-electron chi connectivity index (χ2n) is 8.72. The minimum absolute atomic E-state index is 0.122. The lowest BCUT2D eigenvalue weighted by atomic mass is 9.91. The number of rotatable bonds is 8. The van der Waals surface area contributed by atoms with E-state index < -0.39 is 18.1 Å². The molecule has 3 aromatic carbocycles. The lowest BCUT2D eigenvalue weighted by Crippen LogP contribution is -2.35. The van der Waals surface area contributed by atoms with Crippen LogP contribution >= 0.6 is 11.6 Å². The van der Waals surface area contributed by atoms with Gasteiger partial charge in [0, 0.05) is 29.0 Å². The van der Waals surface area contributed by atoms with Crippen LogP contribution < -0.4 is 9.47 Å². The second kappa shape index (κ2) is 9.77. The Balaban J connectivity index is 1.54. The van der Waals surface area contributed by atoms with E-state index in [2.05, 4.69) is 0 Å². The number of ether oxygens (including phenoxy) is 2. The van der Waals surface area contributed by atoms with Crippen molar-refractivity contribution in [1.29, 1.82) is 0 Å². The van der Waals surface area contributed by atoms with Crippen LogP contribution in [-0.2, 0) is 24.2 Å². The molecule has 7 heteroatoms. The first-order valence-electron chi connectivity index (χ1n) is 11.0. The Hall–Kier alpha value is -3.51. The van der Waals surface area contributed by atoms with E-state index in [4.69, 9.17) is 21.1 Å². The molecule has 0 spiro atoms. The maximum absolute atomic E-state index is 13.3. The van der Waals surface area contributed by atoms with Gasteiger partial charge < -0.3 is 19.5 Å². The lowest BCUT2D eigenvalue weighted by molar-refractivity contribution is -0.137. The number of carbonyl (C=O) groups excluding carboxylic acids is 1. The van der Waals surface area contributed by atoms with Gasteiger partial charge >= 0.3 is 5.97 Å². The monoisotopic (exact) mass is 479 g/mol. The molecular weight excluding hydrogens is 454 g/mol. The Morgan fingerprint density at radius 2 is 1.85 bits per heavy atom. The molecule has 0 unspecified atom stereocenters. The van der Waals surface area contributed by atoms with Gasteiger partial charge in [0.2, 0.25) is 0 Å². The highest BCUT2D eigenvalue weighted by molar-refractivity contribution is 6.30. The first kappa shape index (κ1) is 23.6. The number of para-hydroxylation sites is 1. The van der Waals surface area contributed by atoms with Gasteiger partial charge in [0.05, 0.1) is 13.7 Å². The number of carboxylic acids is 1. The zero-order chi connectivity index (χ0) is 24.3. The number of carbonyl (C=O) groups is 2. The number of nitrogens with zero attached hydrogens (tertiary/aromatic N) is 1. The molecule has 6 nitrogen and oxygen atoms in total. The van der Waals surface area contributed by atoms with E-state index in [1.54, 1.807) is 25.3 Å². The summed E-state index contributed by atoms with van der Waals surface area (Å²) in [6.45, 7) is 1.75. The van der Waals surface area contributed by atoms with Gasteiger partial charge in [-0.15, -0.1) is 0 Å². The molecular formula is C27H26ClNO5. The Bertz CT molecular complexity index is 1210. The first-order chi connectivity index (χ1) is 16.3. The van der Waals surface area contributed by atoms with Crippen molar-refractivity contribution >= 4 is 23.5 Å². The molecule has 3 aromatic rings. The molecule has 0 radical (unpaired) electrons. The van der Waals surface area contributed by atoms with E-state index in [1.165, 1.54) is 4.90 Å². The predicted octanol–water partition coefficient (Wildman–Crippen LogP) is 5.01. The van der Waals surface area contributed by atoms with Crippen LogP contribution in [-0.4, -0.2) is 41.1 Å². The minimum atomic E-state index is -1.08. The zero-order valence-electron chi connectivity index (χ0n) is 19.1. The van der Waals surface area contributed by atoms with Gasteiger partial charge in [0.15, 0.2) is 0 Å². The SMILES string of the molecule is COc1ccccc1CN(CC(=O)O)C(=O)c1ccc2c(c1)C[C@](C)(Cc1ccc(Cl)cc1)O2. The highest BCUT2D eigenvalue weighted by atomic mass is 35.5. The van der Waals surface area contributed by atoms with E-state index >= 15 is 0 Å². The maximum Gasteiger partial charge on any atom is 0.323 e. The van der Waals surface area contributed by atoms with Crippen LogP contribution in [0.15, 0.2) is 66.7 Å². The molecule has 0 saturated heterocycles. The van der Waals surface area contributed by atoms with E-state index in [-0.39, 0.29) is 12.5 Å². The quantitative estimate of drug-likeness (QED) is 0.491. The number of hydrogen-bond acceptors (Lipinski definition) is 4. The summed E-state index contributed by atoms with van der Waals surface area (Å²) in [5, 5.41) is 10.1. The zero-order valence-corrected chi connectivity index (χ0v) is 19.8. The fourth-order valence-electron chi connectivity index (χ4n) is 4.37. The summed E-state index contributed by atoms with van der Waals surface area (Å²) in [5.41, 5.74) is 2.75. The Morgan fingerprint density at radius 3 is 2.56 bits per heavy atom. The molecule has 1 aliphatic heterocycles. The molecule has 176 valence electrons. The van der Waals surface area contributed by atoms with Crippen molar-refractivity contribution < 1.29 is 24.2 Å². The molecule has 0 saturated carbocycles. The average Bonchev–Trinajstić information content (AvgIpc) is 3.14. The van der Waals surface area contributed by atoms with E-state index in [9.17, 15) is 14.7 Å². The fraction of sp³-hybridized carbons (Fsp3) is 0.259. The molecule has 0 aromatic heterocycles. The molecule has 1 amide bonds. The topological polar surface area (TPSA) is 76.1 Å². The molecule has 0 fully saturated rings. The molecule has 1 aliphatic rings. The summed E-state index contributed by atoms with van der Waals surface area (Å²) in [6, 6.07) is 20.2. The van der Waals surface area contributed by atoms with Crippen LogP contribution in [0.2, 0.25) is 5.02 Å². The summed E-state index contributed by atoms with van der Waals surface area (Å²) in [7, 11) is 1.55. The van der Waals surface area contributed by atoms with Gasteiger partial charge in [-0.1, -0.05) is 41.9 Å². The number of carboxylic acid groups (broad SMARTS) is 1. The van der Waals surface area contributed by atoms with Crippen molar-refractivity contribution in [2.75, 3.05) is 13.7 Å². The van der Waals surface area contributed by atoms with Crippen LogP contribution in [0.25, 0.3) is 0 Å².